The number of aromatic nitrogens is 2. The molecule has 1 spiro atoms. The van der Waals surface area contributed by atoms with Crippen molar-refractivity contribution in [1.82, 2.24) is 14.5 Å². The largest absolute Gasteiger partial charge is 0.390 e. The number of nitrogens with zero attached hydrogens (tertiary/aromatic N) is 3. The molecule has 1 aliphatic heterocycles. The molecule has 3 aliphatic rings. The molecule has 1 amide bonds. The molecule has 3 fully saturated rings. The van der Waals surface area contributed by atoms with E-state index in [-0.39, 0.29) is 11.8 Å². The van der Waals surface area contributed by atoms with Gasteiger partial charge in [-0.05, 0) is 63.1 Å². The van der Waals surface area contributed by atoms with E-state index in [1.807, 2.05) is 28.6 Å². The van der Waals surface area contributed by atoms with Crippen LogP contribution in [-0.2, 0) is 11.2 Å². The number of amides is 1. The number of fused-ring (bicyclic) bond motifs is 1. The van der Waals surface area contributed by atoms with Gasteiger partial charge in [0, 0.05) is 36.3 Å². The second kappa shape index (κ2) is 5.07. The van der Waals surface area contributed by atoms with E-state index < -0.39 is 5.60 Å². The van der Waals surface area contributed by atoms with Crippen molar-refractivity contribution in [3.8, 4) is 0 Å². The number of hydrogen-bond acceptors (Lipinski definition) is 3. The molecule has 0 radical (unpaired) electrons. The summed E-state index contributed by atoms with van der Waals surface area (Å²) in [4.78, 5) is 14.4. The molecule has 1 saturated heterocycles. The maximum Gasteiger partial charge on any atom is 0.225 e. The Morgan fingerprint density at radius 3 is 2.72 bits per heavy atom. The number of aliphatic hydroxyl groups is 1. The van der Waals surface area contributed by atoms with Gasteiger partial charge >= 0.3 is 0 Å². The van der Waals surface area contributed by atoms with Crippen molar-refractivity contribution in [1.29, 1.82) is 0 Å². The first-order valence-corrected chi connectivity index (χ1v) is 9.36. The maximum atomic E-state index is 12.4. The molecule has 0 aromatic carbocycles. The molecule has 2 aromatic rings. The molecule has 5 rings (SSSR count). The number of hydrogen-bond donors (Lipinski definition) is 1. The summed E-state index contributed by atoms with van der Waals surface area (Å²) in [6.45, 7) is 3.67. The summed E-state index contributed by atoms with van der Waals surface area (Å²) in [5.41, 5.74) is 2.21. The molecule has 0 atom stereocenters. The van der Waals surface area contributed by atoms with Gasteiger partial charge in [-0.3, -0.25) is 4.79 Å². The maximum absolute atomic E-state index is 12.4. The topological polar surface area (TPSA) is 57.8 Å². The molecule has 2 aromatic heterocycles. The highest BCUT2D eigenvalue weighted by Gasteiger charge is 2.55. The van der Waals surface area contributed by atoms with Crippen LogP contribution in [0.15, 0.2) is 30.5 Å². The van der Waals surface area contributed by atoms with Crippen molar-refractivity contribution < 1.29 is 9.90 Å². The predicted molar refractivity (Wildman–Crippen MR) is 94.0 cm³/mol. The van der Waals surface area contributed by atoms with Gasteiger partial charge in [0.2, 0.25) is 5.91 Å². The summed E-state index contributed by atoms with van der Waals surface area (Å²) in [5, 5.41) is 14.2. The molecular formula is C20H25N3O2. The Kier molecular flexibility index (Phi) is 3.12. The van der Waals surface area contributed by atoms with Crippen LogP contribution in [0.2, 0.25) is 0 Å². The summed E-state index contributed by atoms with van der Waals surface area (Å²) in [6, 6.07) is 8.41. The van der Waals surface area contributed by atoms with Crippen LogP contribution in [0.1, 0.15) is 38.3 Å². The quantitative estimate of drug-likeness (QED) is 0.933. The van der Waals surface area contributed by atoms with Crippen LogP contribution in [0.25, 0.3) is 5.52 Å². The Morgan fingerprint density at radius 2 is 2.00 bits per heavy atom. The van der Waals surface area contributed by atoms with E-state index in [4.69, 9.17) is 0 Å². The van der Waals surface area contributed by atoms with E-state index in [9.17, 15) is 9.90 Å². The van der Waals surface area contributed by atoms with Gasteiger partial charge in [0.15, 0.2) is 0 Å². The number of carbonyl (C=O) groups excluding carboxylic acids is 1. The third-order valence-electron chi connectivity index (χ3n) is 6.53. The van der Waals surface area contributed by atoms with Gasteiger partial charge in [-0.2, -0.15) is 5.10 Å². The van der Waals surface area contributed by atoms with Gasteiger partial charge < -0.3 is 10.0 Å². The summed E-state index contributed by atoms with van der Waals surface area (Å²) in [7, 11) is 0. The van der Waals surface area contributed by atoms with Crippen LogP contribution in [0, 0.1) is 17.3 Å². The lowest BCUT2D eigenvalue weighted by atomic mass is 9.56. The van der Waals surface area contributed by atoms with Crippen LogP contribution in [0.3, 0.4) is 0 Å². The minimum Gasteiger partial charge on any atom is -0.390 e. The molecule has 3 heterocycles. The summed E-state index contributed by atoms with van der Waals surface area (Å²) >= 11 is 0. The first-order valence-electron chi connectivity index (χ1n) is 9.36. The SMILES string of the molecule is C[C@]1(O)C[C@@H](C(=O)N2CC3(CC(Cc4cccc5ccnn45)C3)C2)C1. The summed E-state index contributed by atoms with van der Waals surface area (Å²) in [5.74, 6) is 1.03. The van der Waals surface area contributed by atoms with Gasteiger partial charge in [0.25, 0.3) is 0 Å². The highest BCUT2D eigenvalue weighted by atomic mass is 16.3. The zero-order valence-corrected chi connectivity index (χ0v) is 14.7. The fraction of sp³-hybridized carbons (Fsp3) is 0.600. The van der Waals surface area contributed by atoms with Crippen LogP contribution in [0.5, 0.6) is 0 Å². The molecule has 132 valence electrons. The van der Waals surface area contributed by atoms with E-state index in [1.54, 1.807) is 0 Å². The van der Waals surface area contributed by atoms with Crippen molar-refractivity contribution in [2.45, 2.75) is 44.6 Å². The molecule has 5 heteroatoms. The molecule has 2 aliphatic carbocycles. The van der Waals surface area contributed by atoms with Crippen molar-refractivity contribution >= 4 is 11.4 Å². The van der Waals surface area contributed by atoms with E-state index in [0.717, 1.165) is 25.0 Å². The monoisotopic (exact) mass is 339 g/mol. The number of pyridine rings is 1. The molecular weight excluding hydrogens is 314 g/mol. The smallest absolute Gasteiger partial charge is 0.225 e. The van der Waals surface area contributed by atoms with Gasteiger partial charge in [0.05, 0.1) is 11.1 Å². The normalized spacial score (nSPS) is 30.8. The highest BCUT2D eigenvalue weighted by Crippen LogP contribution is 2.53. The second-order valence-corrected chi connectivity index (χ2v) is 8.96. The third kappa shape index (κ3) is 2.48. The van der Waals surface area contributed by atoms with Crippen molar-refractivity contribution in [3.63, 3.8) is 0 Å². The zero-order chi connectivity index (χ0) is 17.2. The summed E-state index contributed by atoms with van der Waals surface area (Å²) in [6.07, 6.45) is 6.62. The van der Waals surface area contributed by atoms with E-state index in [2.05, 4.69) is 23.3 Å². The molecule has 0 unspecified atom stereocenters. The Balaban J connectivity index is 1.14. The molecule has 5 nitrogen and oxygen atoms in total. The van der Waals surface area contributed by atoms with Gasteiger partial charge in [0.1, 0.15) is 0 Å². The molecule has 25 heavy (non-hydrogen) atoms. The van der Waals surface area contributed by atoms with Gasteiger partial charge in [-0.15, -0.1) is 0 Å². The summed E-state index contributed by atoms with van der Waals surface area (Å²) < 4.78 is 2.05. The minimum absolute atomic E-state index is 0.0561. The van der Waals surface area contributed by atoms with E-state index >= 15 is 0 Å². The third-order valence-corrected chi connectivity index (χ3v) is 6.53. The van der Waals surface area contributed by atoms with Gasteiger partial charge in [-0.1, -0.05) is 6.07 Å². The lowest BCUT2D eigenvalue weighted by Crippen LogP contribution is -2.66. The Morgan fingerprint density at radius 1 is 1.24 bits per heavy atom. The average molecular weight is 339 g/mol. The Bertz CT molecular complexity index is 818. The number of likely N-dealkylation sites (tertiary alicyclic amines) is 1. The minimum atomic E-state index is -0.613. The number of rotatable bonds is 3. The Hall–Kier alpha value is -1.88. The van der Waals surface area contributed by atoms with Crippen LogP contribution < -0.4 is 0 Å². The van der Waals surface area contributed by atoms with Crippen molar-refractivity contribution in [2.24, 2.45) is 17.3 Å². The van der Waals surface area contributed by atoms with Crippen molar-refractivity contribution in [2.75, 3.05) is 13.1 Å². The lowest BCUT2D eigenvalue weighted by molar-refractivity contribution is -0.171. The van der Waals surface area contributed by atoms with Gasteiger partial charge in [-0.25, -0.2) is 4.52 Å². The highest BCUT2D eigenvalue weighted by molar-refractivity contribution is 5.81. The van der Waals surface area contributed by atoms with Crippen LogP contribution >= 0.6 is 0 Å². The van der Waals surface area contributed by atoms with Crippen LogP contribution in [-0.4, -0.2) is 44.2 Å². The zero-order valence-electron chi connectivity index (χ0n) is 14.7. The fourth-order valence-corrected chi connectivity index (χ4v) is 5.38. The predicted octanol–water partition coefficient (Wildman–Crippen LogP) is 2.28. The standard InChI is InChI=1S/C20H25N3O2/c1-19(25)10-15(11-19)18(24)22-12-20(13-22)8-14(9-20)7-17-4-2-3-16-5-6-21-23(16)17/h2-6,14-15,25H,7-13H2,1H3/t15-,19+. The first kappa shape index (κ1) is 15.4. The number of carbonyl (C=O) groups is 1. The molecule has 0 bridgehead atoms. The second-order valence-electron chi connectivity index (χ2n) is 8.96. The van der Waals surface area contributed by atoms with Crippen LogP contribution in [0.4, 0.5) is 0 Å². The Labute approximate surface area is 147 Å². The average Bonchev–Trinajstić information content (AvgIpc) is 2.94. The molecule has 2 saturated carbocycles. The fourth-order valence-electron chi connectivity index (χ4n) is 5.38. The van der Waals surface area contributed by atoms with Crippen molar-refractivity contribution in [3.05, 3.63) is 36.2 Å². The first-order chi connectivity index (χ1) is 11.9. The van der Waals surface area contributed by atoms with E-state index in [1.165, 1.54) is 18.5 Å². The van der Waals surface area contributed by atoms with E-state index in [0.29, 0.717) is 24.2 Å². The molecule has 1 N–H and O–H groups in total. The lowest BCUT2D eigenvalue weighted by Gasteiger charge is -2.60.